The fourth-order valence-corrected chi connectivity index (χ4v) is 1.79. The summed E-state index contributed by atoms with van der Waals surface area (Å²) in [6, 6.07) is 7.72. The normalized spacial score (nSPS) is 10.2. The summed E-state index contributed by atoms with van der Waals surface area (Å²) in [7, 11) is 0. The number of aliphatic hydroxyl groups excluding tert-OH is 1. The maximum atomic E-state index is 10.9. The highest BCUT2D eigenvalue weighted by Gasteiger charge is 2.02. The Morgan fingerprint density at radius 1 is 1.26 bits per heavy atom. The summed E-state index contributed by atoms with van der Waals surface area (Å²) < 4.78 is 5.69. The molecule has 19 heavy (non-hydrogen) atoms. The second-order valence-electron chi connectivity index (χ2n) is 4.31. The molecule has 1 amide bonds. The molecule has 0 spiro atoms. The Morgan fingerprint density at radius 3 is 2.79 bits per heavy atom. The van der Waals surface area contributed by atoms with E-state index in [0.717, 1.165) is 30.6 Å². The van der Waals surface area contributed by atoms with Crippen LogP contribution < -0.4 is 16.0 Å². The SMILES string of the molecule is NNC(=O)CCCCCOc1ccccc1CCO. The summed E-state index contributed by atoms with van der Waals surface area (Å²) >= 11 is 0. The molecule has 0 saturated heterocycles. The molecule has 1 rings (SSSR count). The lowest BCUT2D eigenvalue weighted by Gasteiger charge is -2.10. The molecule has 1 aromatic carbocycles. The second-order valence-corrected chi connectivity index (χ2v) is 4.31. The molecule has 0 heterocycles. The number of hydrogen-bond acceptors (Lipinski definition) is 4. The number of aliphatic hydroxyl groups is 1. The minimum absolute atomic E-state index is 0.120. The van der Waals surface area contributed by atoms with E-state index in [1.54, 1.807) is 0 Å². The standard InChI is InChI=1S/C14H22N2O3/c15-16-14(18)8-2-1-5-11-19-13-7-4-3-6-12(13)9-10-17/h3-4,6-7,17H,1-2,5,8-11,15H2,(H,16,18). The van der Waals surface area contributed by atoms with Gasteiger partial charge in [0.25, 0.3) is 0 Å². The van der Waals surface area contributed by atoms with Crippen LogP contribution in [0.3, 0.4) is 0 Å². The van der Waals surface area contributed by atoms with Crippen LogP contribution in [0.2, 0.25) is 0 Å². The first-order valence-electron chi connectivity index (χ1n) is 6.59. The maximum Gasteiger partial charge on any atom is 0.233 e. The molecule has 106 valence electrons. The summed E-state index contributed by atoms with van der Waals surface area (Å²) in [5.74, 6) is 5.69. The van der Waals surface area contributed by atoms with Crippen molar-refractivity contribution in [3.63, 3.8) is 0 Å². The fourth-order valence-electron chi connectivity index (χ4n) is 1.79. The quantitative estimate of drug-likeness (QED) is 0.271. The third kappa shape index (κ3) is 6.22. The van der Waals surface area contributed by atoms with E-state index in [4.69, 9.17) is 15.7 Å². The van der Waals surface area contributed by atoms with Gasteiger partial charge < -0.3 is 9.84 Å². The van der Waals surface area contributed by atoms with Crippen LogP contribution in [0.25, 0.3) is 0 Å². The van der Waals surface area contributed by atoms with E-state index in [1.807, 2.05) is 24.3 Å². The van der Waals surface area contributed by atoms with Gasteiger partial charge in [-0.15, -0.1) is 0 Å². The van der Waals surface area contributed by atoms with Crippen molar-refractivity contribution in [1.29, 1.82) is 0 Å². The Labute approximate surface area is 113 Å². The van der Waals surface area contributed by atoms with Crippen LogP contribution >= 0.6 is 0 Å². The van der Waals surface area contributed by atoms with Gasteiger partial charge in [-0.25, -0.2) is 5.84 Å². The Hall–Kier alpha value is -1.59. The van der Waals surface area contributed by atoms with Gasteiger partial charge in [0.1, 0.15) is 5.75 Å². The number of carbonyl (C=O) groups is 1. The first-order valence-corrected chi connectivity index (χ1v) is 6.59. The highest BCUT2D eigenvalue weighted by Crippen LogP contribution is 2.18. The molecule has 0 unspecified atom stereocenters. The number of ether oxygens (including phenoxy) is 1. The van der Waals surface area contributed by atoms with Gasteiger partial charge in [0, 0.05) is 13.0 Å². The zero-order chi connectivity index (χ0) is 13.9. The zero-order valence-electron chi connectivity index (χ0n) is 11.1. The third-order valence-electron chi connectivity index (χ3n) is 2.82. The molecule has 5 heteroatoms. The van der Waals surface area contributed by atoms with Crippen molar-refractivity contribution >= 4 is 5.91 Å². The summed E-state index contributed by atoms with van der Waals surface area (Å²) in [6.45, 7) is 0.737. The van der Waals surface area contributed by atoms with Gasteiger partial charge in [0.2, 0.25) is 5.91 Å². The highest BCUT2D eigenvalue weighted by atomic mass is 16.5. The molecule has 0 aliphatic carbocycles. The molecule has 4 N–H and O–H groups in total. The molecular formula is C14H22N2O3. The lowest BCUT2D eigenvalue weighted by atomic mass is 10.1. The third-order valence-corrected chi connectivity index (χ3v) is 2.82. The Balaban J connectivity index is 2.20. The molecular weight excluding hydrogens is 244 g/mol. The van der Waals surface area contributed by atoms with E-state index in [-0.39, 0.29) is 12.5 Å². The van der Waals surface area contributed by atoms with E-state index in [9.17, 15) is 4.79 Å². The molecule has 0 atom stereocenters. The van der Waals surface area contributed by atoms with Crippen LogP contribution in [0.5, 0.6) is 5.75 Å². The molecule has 0 aromatic heterocycles. The number of hydrogen-bond donors (Lipinski definition) is 3. The lowest BCUT2D eigenvalue weighted by Crippen LogP contribution is -2.29. The van der Waals surface area contributed by atoms with Crippen LogP contribution in [0.15, 0.2) is 24.3 Å². The Kier molecular flexibility index (Phi) is 7.62. The fraction of sp³-hybridized carbons (Fsp3) is 0.500. The number of carbonyl (C=O) groups excluding carboxylic acids is 1. The minimum atomic E-state index is -0.130. The van der Waals surface area contributed by atoms with Gasteiger partial charge in [-0.1, -0.05) is 18.2 Å². The van der Waals surface area contributed by atoms with Gasteiger partial charge >= 0.3 is 0 Å². The number of rotatable bonds is 9. The van der Waals surface area contributed by atoms with Crippen molar-refractivity contribution in [1.82, 2.24) is 5.43 Å². The number of para-hydroxylation sites is 1. The van der Waals surface area contributed by atoms with Gasteiger partial charge in [0.05, 0.1) is 6.61 Å². The minimum Gasteiger partial charge on any atom is -0.493 e. The summed E-state index contributed by atoms with van der Waals surface area (Å²) in [5.41, 5.74) is 3.13. The van der Waals surface area contributed by atoms with E-state index < -0.39 is 0 Å². The van der Waals surface area contributed by atoms with Crippen LogP contribution in [0.1, 0.15) is 31.2 Å². The van der Waals surface area contributed by atoms with E-state index in [2.05, 4.69) is 5.43 Å². The molecule has 0 saturated carbocycles. The molecule has 5 nitrogen and oxygen atoms in total. The Morgan fingerprint density at radius 2 is 2.05 bits per heavy atom. The topological polar surface area (TPSA) is 84.6 Å². The van der Waals surface area contributed by atoms with E-state index in [1.165, 1.54) is 0 Å². The number of nitrogens with one attached hydrogen (secondary N) is 1. The van der Waals surface area contributed by atoms with E-state index in [0.29, 0.717) is 19.4 Å². The summed E-state index contributed by atoms with van der Waals surface area (Å²) in [5, 5.41) is 8.96. The zero-order valence-corrected chi connectivity index (χ0v) is 11.1. The highest BCUT2D eigenvalue weighted by molar-refractivity contribution is 5.75. The number of unbranched alkanes of at least 4 members (excludes halogenated alkanes) is 2. The van der Waals surface area contributed by atoms with Crippen LogP contribution in [-0.2, 0) is 11.2 Å². The predicted molar refractivity (Wildman–Crippen MR) is 73.5 cm³/mol. The second kappa shape index (κ2) is 9.35. The molecule has 0 aliphatic heterocycles. The first-order chi connectivity index (χ1) is 9.27. The predicted octanol–water partition coefficient (Wildman–Crippen LogP) is 1.15. The maximum absolute atomic E-state index is 10.9. The van der Waals surface area contributed by atoms with Gasteiger partial charge in [-0.05, 0) is 37.3 Å². The average molecular weight is 266 g/mol. The molecule has 0 aliphatic rings. The number of benzene rings is 1. The van der Waals surface area contributed by atoms with Gasteiger partial charge in [0.15, 0.2) is 0 Å². The van der Waals surface area contributed by atoms with Gasteiger partial charge in [-0.3, -0.25) is 10.2 Å². The number of amides is 1. The molecule has 1 aromatic rings. The van der Waals surface area contributed by atoms with Crippen molar-refractivity contribution in [2.45, 2.75) is 32.1 Å². The van der Waals surface area contributed by atoms with Crippen molar-refractivity contribution in [3.05, 3.63) is 29.8 Å². The number of nitrogens with two attached hydrogens (primary N) is 1. The summed E-state index contributed by atoms with van der Waals surface area (Å²) in [6.07, 6.45) is 3.69. The molecule has 0 radical (unpaired) electrons. The van der Waals surface area contributed by atoms with Crippen molar-refractivity contribution in [3.8, 4) is 5.75 Å². The average Bonchev–Trinajstić information content (AvgIpc) is 2.44. The lowest BCUT2D eigenvalue weighted by molar-refractivity contribution is -0.121. The van der Waals surface area contributed by atoms with Crippen molar-refractivity contribution < 1.29 is 14.6 Å². The van der Waals surface area contributed by atoms with Gasteiger partial charge in [-0.2, -0.15) is 0 Å². The van der Waals surface area contributed by atoms with Crippen molar-refractivity contribution in [2.75, 3.05) is 13.2 Å². The van der Waals surface area contributed by atoms with Crippen LogP contribution in [-0.4, -0.2) is 24.2 Å². The van der Waals surface area contributed by atoms with Crippen LogP contribution in [0, 0.1) is 0 Å². The summed E-state index contributed by atoms with van der Waals surface area (Å²) in [4.78, 5) is 10.9. The monoisotopic (exact) mass is 266 g/mol. The van der Waals surface area contributed by atoms with E-state index >= 15 is 0 Å². The first kappa shape index (κ1) is 15.5. The Bertz CT molecular complexity index is 383. The largest absolute Gasteiger partial charge is 0.493 e. The smallest absolute Gasteiger partial charge is 0.233 e. The number of hydrazine groups is 1. The molecule has 0 bridgehead atoms. The van der Waals surface area contributed by atoms with Crippen molar-refractivity contribution in [2.24, 2.45) is 5.84 Å². The van der Waals surface area contributed by atoms with Crippen LogP contribution in [0.4, 0.5) is 0 Å². The molecule has 0 fully saturated rings.